The summed E-state index contributed by atoms with van der Waals surface area (Å²) in [7, 11) is 0. The van der Waals surface area contributed by atoms with Crippen LogP contribution in [0.2, 0.25) is 10.0 Å². The van der Waals surface area contributed by atoms with Crippen molar-refractivity contribution < 1.29 is 4.79 Å². The van der Waals surface area contributed by atoms with Gasteiger partial charge in [-0.3, -0.25) is 4.79 Å². The molecule has 1 amide bonds. The summed E-state index contributed by atoms with van der Waals surface area (Å²) in [5.74, 6) is -0.521. The SMILES string of the molecule is Cc1cccc(CN/C=C(/C#N)C(=O)Nc2ccc(Cl)c(Cl)c2)c1. The molecule has 4 nitrogen and oxygen atoms in total. The summed E-state index contributed by atoms with van der Waals surface area (Å²) >= 11 is 11.7. The Morgan fingerprint density at radius 3 is 2.67 bits per heavy atom. The van der Waals surface area contributed by atoms with Crippen molar-refractivity contribution in [2.75, 3.05) is 5.32 Å². The molecular weight excluding hydrogens is 345 g/mol. The van der Waals surface area contributed by atoms with Gasteiger partial charge in [0.25, 0.3) is 5.91 Å². The quantitative estimate of drug-likeness (QED) is 0.612. The lowest BCUT2D eigenvalue weighted by Gasteiger charge is -2.06. The van der Waals surface area contributed by atoms with E-state index in [-0.39, 0.29) is 5.57 Å². The van der Waals surface area contributed by atoms with Crippen molar-refractivity contribution in [3.8, 4) is 6.07 Å². The number of nitriles is 1. The largest absolute Gasteiger partial charge is 0.386 e. The van der Waals surface area contributed by atoms with Crippen molar-refractivity contribution in [1.82, 2.24) is 5.32 Å². The van der Waals surface area contributed by atoms with Crippen LogP contribution in [-0.4, -0.2) is 5.91 Å². The lowest BCUT2D eigenvalue weighted by Crippen LogP contribution is -2.16. The number of nitrogens with zero attached hydrogens (tertiary/aromatic N) is 1. The Morgan fingerprint density at radius 1 is 1.21 bits per heavy atom. The van der Waals surface area contributed by atoms with E-state index >= 15 is 0 Å². The van der Waals surface area contributed by atoms with Crippen LogP contribution in [0.4, 0.5) is 5.69 Å². The van der Waals surface area contributed by atoms with Crippen LogP contribution < -0.4 is 10.6 Å². The molecule has 0 unspecified atom stereocenters. The molecule has 0 saturated carbocycles. The second-order valence-electron chi connectivity index (χ2n) is 5.12. The highest BCUT2D eigenvalue weighted by Gasteiger charge is 2.10. The lowest BCUT2D eigenvalue weighted by atomic mass is 10.1. The van der Waals surface area contributed by atoms with Gasteiger partial charge in [-0.15, -0.1) is 0 Å². The van der Waals surface area contributed by atoms with Gasteiger partial charge in [0.15, 0.2) is 0 Å². The number of benzene rings is 2. The molecule has 0 aliphatic carbocycles. The Kier molecular flexibility index (Phi) is 6.25. The predicted molar refractivity (Wildman–Crippen MR) is 96.8 cm³/mol. The van der Waals surface area contributed by atoms with Gasteiger partial charge in [0.05, 0.1) is 10.0 Å². The van der Waals surface area contributed by atoms with E-state index in [9.17, 15) is 4.79 Å². The summed E-state index contributed by atoms with van der Waals surface area (Å²) in [6, 6.07) is 14.5. The zero-order valence-electron chi connectivity index (χ0n) is 12.9. The molecule has 2 aromatic carbocycles. The van der Waals surface area contributed by atoms with E-state index in [1.807, 2.05) is 37.3 Å². The van der Waals surface area contributed by atoms with Crippen LogP contribution in [-0.2, 0) is 11.3 Å². The maximum atomic E-state index is 12.1. The Hall–Kier alpha value is -2.48. The summed E-state index contributed by atoms with van der Waals surface area (Å²) in [6.07, 6.45) is 1.40. The minimum atomic E-state index is -0.521. The first kappa shape index (κ1) is 17.9. The fourth-order valence-electron chi connectivity index (χ4n) is 2.01. The number of carbonyl (C=O) groups is 1. The maximum absolute atomic E-state index is 12.1. The number of nitrogens with one attached hydrogen (secondary N) is 2. The van der Waals surface area contributed by atoms with E-state index in [1.165, 1.54) is 12.3 Å². The summed E-state index contributed by atoms with van der Waals surface area (Å²) in [4.78, 5) is 12.1. The minimum absolute atomic E-state index is 0.0336. The topological polar surface area (TPSA) is 64.9 Å². The second-order valence-corrected chi connectivity index (χ2v) is 5.94. The summed E-state index contributed by atoms with van der Waals surface area (Å²) in [5, 5.41) is 15.5. The lowest BCUT2D eigenvalue weighted by molar-refractivity contribution is -0.112. The van der Waals surface area contributed by atoms with E-state index in [2.05, 4.69) is 10.6 Å². The number of carbonyl (C=O) groups excluding carboxylic acids is 1. The van der Waals surface area contributed by atoms with E-state index < -0.39 is 5.91 Å². The highest BCUT2D eigenvalue weighted by atomic mass is 35.5. The molecule has 0 heterocycles. The van der Waals surface area contributed by atoms with Crippen LogP contribution in [0.15, 0.2) is 54.2 Å². The van der Waals surface area contributed by atoms with Crippen molar-refractivity contribution in [3.63, 3.8) is 0 Å². The average Bonchev–Trinajstić information content (AvgIpc) is 2.55. The van der Waals surface area contributed by atoms with E-state index in [0.717, 1.165) is 11.1 Å². The van der Waals surface area contributed by atoms with Gasteiger partial charge >= 0.3 is 0 Å². The number of halogens is 2. The average molecular weight is 360 g/mol. The van der Waals surface area contributed by atoms with Crippen LogP contribution in [0.25, 0.3) is 0 Å². The van der Waals surface area contributed by atoms with Crippen LogP contribution in [0, 0.1) is 18.3 Å². The van der Waals surface area contributed by atoms with Gasteiger partial charge < -0.3 is 10.6 Å². The third-order valence-corrected chi connectivity index (χ3v) is 3.92. The number of rotatable bonds is 5. The van der Waals surface area contributed by atoms with E-state index in [1.54, 1.807) is 12.1 Å². The van der Waals surface area contributed by atoms with Crippen molar-refractivity contribution in [2.45, 2.75) is 13.5 Å². The predicted octanol–water partition coefficient (Wildman–Crippen LogP) is 4.44. The second kappa shape index (κ2) is 8.39. The van der Waals surface area contributed by atoms with Crippen molar-refractivity contribution >= 4 is 34.8 Å². The standard InChI is InChI=1S/C18H15Cl2N3O/c1-12-3-2-4-13(7-12)10-22-11-14(9-21)18(24)23-15-5-6-16(19)17(20)8-15/h2-8,11,22H,10H2,1H3,(H,23,24)/b14-11-. The smallest absolute Gasteiger partial charge is 0.267 e. The van der Waals surface area contributed by atoms with Crippen LogP contribution >= 0.6 is 23.2 Å². The molecule has 0 fully saturated rings. The molecule has 0 saturated heterocycles. The summed E-state index contributed by atoms with van der Waals surface area (Å²) < 4.78 is 0. The van der Waals surface area contributed by atoms with Gasteiger partial charge in [-0.05, 0) is 30.7 Å². The summed E-state index contributed by atoms with van der Waals surface area (Å²) in [6.45, 7) is 2.53. The van der Waals surface area contributed by atoms with Crippen molar-refractivity contribution in [2.24, 2.45) is 0 Å². The number of aryl methyl sites for hydroxylation is 1. The number of anilines is 1. The first-order chi connectivity index (χ1) is 11.5. The molecule has 0 spiro atoms. The van der Waals surface area contributed by atoms with Crippen molar-refractivity contribution in [3.05, 3.63) is 75.4 Å². The Morgan fingerprint density at radius 2 is 2.00 bits per heavy atom. The Labute approximate surface area is 150 Å². The molecule has 2 rings (SSSR count). The molecule has 2 aromatic rings. The Balaban J connectivity index is 2.00. The normalized spacial score (nSPS) is 10.8. The van der Waals surface area contributed by atoms with E-state index in [4.69, 9.17) is 28.5 Å². The zero-order chi connectivity index (χ0) is 17.5. The number of amides is 1. The number of hydrogen-bond donors (Lipinski definition) is 2. The van der Waals surface area contributed by atoms with Gasteiger partial charge in [0, 0.05) is 18.4 Å². The first-order valence-electron chi connectivity index (χ1n) is 7.15. The van der Waals surface area contributed by atoms with Gasteiger partial charge in [-0.1, -0.05) is 53.0 Å². The highest BCUT2D eigenvalue weighted by molar-refractivity contribution is 6.42. The first-order valence-corrected chi connectivity index (χ1v) is 7.91. The molecule has 6 heteroatoms. The van der Waals surface area contributed by atoms with Crippen molar-refractivity contribution in [1.29, 1.82) is 5.26 Å². The summed E-state index contributed by atoms with van der Waals surface area (Å²) in [5.41, 5.74) is 2.65. The highest BCUT2D eigenvalue weighted by Crippen LogP contribution is 2.25. The van der Waals surface area contributed by atoms with Crippen LogP contribution in [0.1, 0.15) is 11.1 Å². The van der Waals surface area contributed by atoms with E-state index in [0.29, 0.717) is 22.3 Å². The third kappa shape index (κ3) is 5.02. The molecule has 0 radical (unpaired) electrons. The molecule has 0 bridgehead atoms. The fraction of sp³-hybridized carbons (Fsp3) is 0.111. The molecule has 24 heavy (non-hydrogen) atoms. The minimum Gasteiger partial charge on any atom is -0.386 e. The molecule has 0 aliphatic rings. The fourth-order valence-corrected chi connectivity index (χ4v) is 2.31. The molecule has 122 valence electrons. The van der Waals surface area contributed by atoms with Crippen LogP contribution in [0.3, 0.4) is 0 Å². The zero-order valence-corrected chi connectivity index (χ0v) is 14.4. The number of hydrogen-bond acceptors (Lipinski definition) is 3. The molecule has 2 N–H and O–H groups in total. The van der Waals surface area contributed by atoms with Gasteiger partial charge in [0.1, 0.15) is 11.6 Å². The third-order valence-electron chi connectivity index (χ3n) is 3.18. The maximum Gasteiger partial charge on any atom is 0.267 e. The molecular formula is C18H15Cl2N3O. The van der Waals surface area contributed by atoms with Gasteiger partial charge in [0.2, 0.25) is 0 Å². The van der Waals surface area contributed by atoms with Crippen LogP contribution in [0.5, 0.6) is 0 Å². The molecule has 0 aromatic heterocycles. The molecule has 0 aliphatic heterocycles. The van der Waals surface area contributed by atoms with Gasteiger partial charge in [-0.25, -0.2) is 0 Å². The molecule has 0 atom stereocenters. The van der Waals surface area contributed by atoms with Gasteiger partial charge in [-0.2, -0.15) is 5.26 Å². The Bertz CT molecular complexity index is 825. The monoisotopic (exact) mass is 359 g/mol.